The van der Waals surface area contributed by atoms with E-state index in [4.69, 9.17) is 50.6 Å². The number of anilines is 1. The largest absolute Gasteiger partial charge is 0.380 e. The van der Waals surface area contributed by atoms with Gasteiger partial charge >= 0.3 is 0 Å². The molecule has 3 aromatic carbocycles. The number of nitrogens with zero attached hydrogens (tertiary/aromatic N) is 7. The van der Waals surface area contributed by atoms with Crippen molar-refractivity contribution < 1.29 is 0 Å². The van der Waals surface area contributed by atoms with Crippen LogP contribution in [-0.2, 0) is 0 Å². The van der Waals surface area contributed by atoms with Gasteiger partial charge in [0, 0.05) is 15.6 Å². The topological polar surface area (TPSA) is 98.8 Å². The molecule has 0 saturated heterocycles. The van der Waals surface area contributed by atoms with E-state index in [9.17, 15) is 0 Å². The highest BCUT2D eigenvalue weighted by Gasteiger charge is 2.23. The van der Waals surface area contributed by atoms with E-state index in [0.717, 1.165) is 11.3 Å². The van der Waals surface area contributed by atoms with E-state index in [-0.39, 0.29) is 5.82 Å². The molecule has 0 aliphatic carbocycles. The van der Waals surface area contributed by atoms with E-state index in [1.54, 1.807) is 45.6 Å². The number of aryl methyl sites for hydroxylation is 1. The molecule has 0 aliphatic rings. The summed E-state index contributed by atoms with van der Waals surface area (Å²) in [6, 6.07) is 25.9. The van der Waals surface area contributed by atoms with Crippen LogP contribution in [0, 0.1) is 6.92 Å². The molecule has 0 radical (unpaired) electrons. The first kappa shape index (κ1) is 25.1. The van der Waals surface area contributed by atoms with Crippen molar-refractivity contribution >= 4 is 57.6 Å². The van der Waals surface area contributed by atoms with E-state index >= 15 is 0 Å². The molecular formula is C28H19Cl3N8. The van der Waals surface area contributed by atoms with Gasteiger partial charge in [0.25, 0.3) is 0 Å². The smallest absolute Gasteiger partial charge is 0.186 e. The second kappa shape index (κ2) is 10.1. The molecule has 3 aromatic heterocycles. The first-order valence-corrected chi connectivity index (χ1v) is 13.0. The molecule has 0 bridgehead atoms. The summed E-state index contributed by atoms with van der Waals surface area (Å²) in [6.45, 7) is 1.89. The van der Waals surface area contributed by atoms with Gasteiger partial charge in [0.15, 0.2) is 17.2 Å². The summed E-state index contributed by atoms with van der Waals surface area (Å²) >= 11 is 19.1. The zero-order valence-corrected chi connectivity index (χ0v) is 22.7. The molecular weight excluding hydrogens is 555 g/mol. The van der Waals surface area contributed by atoms with Crippen molar-refractivity contribution in [3.63, 3.8) is 0 Å². The molecule has 3 heterocycles. The Morgan fingerprint density at radius 3 is 2.15 bits per heavy atom. The molecule has 39 heavy (non-hydrogen) atoms. The first-order chi connectivity index (χ1) is 18.9. The predicted octanol–water partition coefficient (Wildman–Crippen LogP) is 8.52. The summed E-state index contributed by atoms with van der Waals surface area (Å²) < 4.78 is 3.31. The highest BCUT2D eigenvalue weighted by molar-refractivity contribution is 6.32. The van der Waals surface area contributed by atoms with Gasteiger partial charge in [0.2, 0.25) is 0 Å². The molecule has 8 nitrogen and oxygen atoms in total. The lowest BCUT2D eigenvalue weighted by molar-refractivity contribution is 0.863. The summed E-state index contributed by atoms with van der Waals surface area (Å²) in [5, 5.41) is 19.7. The SMILES string of the molecule is Cc1nn(-c2ccccc2)c(Cl)c1-c1cc(-c2ccc(Cl)cc2)nc2c(N=Nc3ccc(Cl)cc3)c(N)nn12. The van der Waals surface area contributed by atoms with Gasteiger partial charge in [0.05, 0.1) is 34.0 Å². The Balaban J connectivity index is 1.59. The van der Waals surface area contributed by atoms with Crippen LogP contribution in [0.5, 0.6) is 0 Å². The van der Waals surface area contributed by atoms with Gasteiger partial charge in [-0.2, -0.15) is 10.2 Å². The zero-order valence-electron chi connectivity index (χ0n) is 20.4. The minimum absolute atomic E-state index is 0.166. The molecule has 0 fully saturated rings. The molecule has 0 aliphatic heterocycles. The number of benzene rings is 3. The fourth-order valence-corrected chi connectivity index (χ4v) is 4.83. The number of hydrogen-bond donors (Lipinski definition) is 1. The third-order valence-corrected chi connectivity index (χ3v) is 6.94. The summed E-state index contributed by atoms with van der Waals surface area (Å²) in [5.41, 5.74) is 12.1. The molecule has 6 aromatic rings. The summed E-state index contributed by atoms with van der Waals surface area (Å²) in [6.07, 6.45) is 0. The Labute approximate surface area is 238 Å². The van der Waals surface area contributed by atoms with Crippen molar-refractivity contribution in [3.05, 3.63) is 106 Å². The Bertz CT molecular complexity index is 1840. The monoisotopic (exact) mass is 572 g/mol. The van der Waals surface area contributed by atoms with E-state index in [1.165, 1.54) is 0 Å². The highest BCUT2D eigenvalue weighted by atomic mass is 35.5. The van der Waals surface area contributed by atoms with E-state index < -0.39 is 0 Å². The number of nitrogen functional groups attached to an aromatic ring is 1. The Morgan fingerprint density at radius 1 is 0.795 bits per heavy atom. The molecule has 192 valence electrons. The van der Waals surface area contributed by atoms with Crippen molar-refractivity contribution in [2.45, 2.75) is 6.92 Å². The van der Waals surface area contributed by atoms with Crippen LogP contribution in [0.25, 0.3) is 33.8 Å². The van der Waals surface area contributed by atoms with E-state index in [1.807, 2.05) is 55.5 Å². The summed E-state index contributed by atoms with van der Waals surface area (Å²) in [7, 11) is 0. The number of aromatic nitrogens is 5. The third-order valence-electron chi connectivity index (χ3n) is 6.08. The molecule has 0 unspecified atom stereocenters. The van der Waals surface area contributed by atoms with Crippen LogP contribution < -0.4 is 5.73 Å². The maximum absolute atomic E-state index is 6.96. The maximum Gasteiger partial charge on any atom is 0.186 e. The van der Waals surface area contributed by atoms with Crippen LogP contribution in [0.3, 0.4) is 0 Å². The normalized spacial score (nSPS) is 11.6. The standard InChI is InChI=1S/C28H19Cl3N8/c1-16-24(26(31)38(36-16)21-5-3-2-4-6-21)23-15-22(17-7-9-18(29)10-8-17)33-28-25(27(32)37-39(23)28)35-34-20-13-11-19(30)12-14-20/h2-15H,1H3,(H2,32,37). The Morgan fingerprint density at radius 2 is 1.46 bits per heavy atom. The highest BCUT2D eigenvalue weighted by Crippen LogP contribution is 2.38. The van der Waals surface area contributed by atoms with Crippen LogP contribution in [0.4, 0.5) is 17.2 Å². The lowest BCUT2D eigenvalue weighted by Gasteiger charge is -2.09. The van der Waals surface area contributed by atoms with Gasteiger partial charge in [-0.1, -0.05) is 65.1 Å². The number of nitrogens with two attached hydrogens (primary N) is 1. The summed E-state index contributed by atoms with van der Waals surface area (Å²) in [4.78, 5) is 4.87. The minimum atomic E-state index is 0.166. The number of para-hydroxylation sites is 1. The third kappa shape index (κ3) is 4.74. The Hall–Kier alpha value is -4.24. The van der Waals surface area contributed by atoms with Crippen molar-refractivity contribution in [1.82, 2.24) is 24.4 Å². The molecule has 2 N–H and O–H groups in total. The van der Waals surface area contributed by atoms with Crippen molar-refractivity contribution in [3.8, 4) is 28.2 Å². The molecule has 0 saturated carbocycles. The van der Waals surface area contributed by atoms with Crippen molar-refractivity contribution in [2.75, 3.05) is 5.73 Å². The molecule has 0 spiro atoms. The van der Waals surface area contributed by atoms with Gasteiger partial charge in [-0.15, -0.1) is 10.2 Å². The second-order valence-electron chi connectivity index (χ2n) is 8.68. The van der Waals surface area contributed by atoms with E-state index in [2.05, 4.69) is 15.3 Å². The average molecular weight is 574 g/mol. The molecule has 0 amide bonds. The predicted molar refractivity (Wildman–Crippen MR) is 156 cm³/mol. The van der Waals surface area contributed by atoms with Gasteiger partial charge in [0.1, 0.15) is 5.15 Å². The number of halogens is 3. The van der Waals surface area contributed by atoms with E-state index in [0.29, 0.717) is 54.9 Å². The van der Waals surface area contributed by atoms with Crippen molar-refractivity contribution in [2.24, 2.45) is 10.2 Å². The van der Waals surface area contributed by atoms with Crippen LogP contribution in [0.15, 0.2) is 95.2 Å². The van der Waals surface area contributed by atoms with Gasteiger partial charge in [-0.05, 0) is 61.5 Å². The summed E-state index contributed by atoms with van der Waals surface area (Å²) in [5.74, 6) is 0.166. The molecule has 11 heteroatoms. The fraction of sp³-hybridized carbons (Fsp3) is 0.0357. The average Bonchev–Trinajstić information content (AvgIpc) is 3.43. The van der Waals surface area contributed by atoms with Crippen LogP contribution >= 0.6 is 34.8 Å². The number of hydrogen-bond acceptors (Lipinski definition) is 6. The fourth-order valence-electron chi connectivity index (χ4n) is 4.21. The zero-order chi connectivity index (χ0) is 27.1. The van der Waals surface area contributed by atoms with Gasteiger partial charge < -0.3 is 5.73 Å². The molecule has 0 atom stereocenters. The van der Waals surface area contributed by atoms with Crippen molar-refractivity contribution in [1.29, 1.82) is 0 Å². The van der Waals surface area contributed by atoms with Gasteiger partial charge in [-0.3, -0.25) is 0 Å². The number of fused-ring (bicyclic) bond motifs is 1. The number of rotatable bonds is 5. The van der Waals surface area contributed by atoms with Crippen LogP contribution in [-0.4, -0.2) is 24.4 Å². The van der Waals surface area contributed by atoms with Crippen LogP contribution in [0.2, 0.25) is 15.2 Å². The maximum atomic E-state index is 6.96. The Kier molecular flexibility index (Phi) is 6.52. The van der Waals surface area contributed by atoms with Gasteiger partial charge in [-0.25, -0.2) is 14.2 Å². The lowest BCUT2D eigenvalue weighted by atomic mass is 10.1. The quantitative estimate of drug-likeness (QED) is 0.209. The minimum Gasteiger partial charge on any atom is -0.380 e. The number of azo groups is 1. The first-order valence-electron chi connectivity index (χ1n) is 11.8. The second-order valence-corrected chi connectivity index (χ2v) is 9.91. The lowest BCUT2D eigenvalue weighted by Crippen LogP contribution is -2.00. The van der Waals surface area contributed by atoms with Crippen LogP contribution in [0.1, 0.15) is 5.69 Å². The molecule has 6 rings (SSSR count).